The summed E-state index contributed by atoms with van der Waals surface area (Å²) >= 11 is 5.81. The average molecular weight is 422 g/mol. The Bertz CT molecular complexity index is 1080. The first-order chi connectivity index (χ1) is 14.6. The summed E-state index contributed by atoms with van der Waals surface area (Å²) in [5.41, 5.74) is 3.22. The van der Waals surface area contributed by atoms with Crippen LogP contribution in [0.1, 0.15) is 36.8 Å². The van der Waals surface area contributed by atoms with E-state index in [0.717, 1.165) is 58.4 Å². The van der Waals surface area contributed by atoms with Crippen LogP contribution in [0.2, 0.25) is 0 Å². The third-order valence-electron chi connectivity index (χ3n) is 5.73. The highest BCUT2D eigenvalue weighted by Gasteiger charge is 2.44. The number of hydrogen-bond acceptors (Lipinski definition) is 4. The van der Waals surface area contributed by atoms with Crippen molar-refractivity contribution in [2.24, 2.45) is 5.16 Å². The second-order valence-corrected chi connectivity index (χ2v) is 7.95. The molecule has 1 fully saturated rings. The van der Waals surface area contributed by atoms with Gasteiger partial charge in [0.15, 0.2) is 0 Å². The molecule has 1 heterocycles. The van der Waals surface area contributed by atoms with Gasteiger partial charge in [-0.2, -0.15) is 0 Å². The monoisotopic (exact) mass is 421 g/mol. The van der Waals surface area contributed by atoms with Crippen molar-refractivity contribution in [3.63, 3.8) is 0 Å². The maximum Gasteiger partial charge on any atom is 0.142 e. The minimum absolute atomic E-state index is 0.264. The fourth-order valence-corrected chi connectivity index (χ4v) is 4.47. The van der Waals surface area contributed by atoms with Crippen LogP contribution >= 0.6 is 12.2 Å². The van der Waals surface area contributed by atoms with Crippen LogP contribution < -0.4 is 5.32 Å². The molecule has 1 aromatic heterocycles. The molecule has 1 unspecified atom stereocenters. The van der Waals surface area contributed by atoms with E-state index in [2.05, 4.69) is 27.6 Å². The molecule has 2 aromatic carbocycles. The third-order valence-corrected chi connectivity index (χ3v) is 6.28. The highest BCUT2D eigenvalue weighted by atomic mass is 32.1. The Hall–Kier alpha value is -2.86. The number of aromatic nitrogens is 1. The molecule has 6 heteroatoms. The van der Waals surface area contributed by atoms with Gasteiger partial charge in [-0.15, -0.1) is 0 Å². The highest BCUT2D eigenvalue weighted by molar-refractivity contribution is 7.80. The molecule has 4 rings (SSSR count). The molecule has 1 aliphatic rings. The van der Waals surface area contributed by atoms with Gasteiger partial charge in [0.1, 0.15) is 12.4 Å². The van der Waals surface area contributed by atoms with Gasteiger partial charge in [-0.3, -0.25) is 4.98 Å². The summed E-state index contributed by atoms with van der Waals surface area (Å²) in [6, 6.07) is 16.5. The Balaban J connectivity index is 1.70. The Kier molecular flexibility index (Phi) is 6.04. The molecule has 1 N–H and O–H groups in total. The predicted octanol–water partition coefficient (Wildman–Crippen LogP) is 5.31. The minimum Gasteiger partial charge on any atom is -0.391 e. The number of thiocarbonyl (C=S) groups is 1. The van der Waals surface area contributed by atoms with Crippen LogP contribution in [0.15, 0.2) is 65.9 Å². The van der Waals surface area contributed by atoms with Crippen molar-refractivity contribution in [1.82, 2.24) is 10.3 Å². The Morgan fingerprint density at radius 1 is 1.20 bits per heavy atom. The van der Waals surface area contributed by atoms with Gasteiger partial charge in [-0.1, -0.05) is 54.1 Å². The number of fused-ring (bicyclic) bond motifs is 1. The second-order valence-electron chi connectivity index (χ2n) is 7.55. The van der Waals surface area contributed by atoms with E-state index < -0.39 is 5.41 Å². The summed E-state index contributed by atoms with van der Waals surface area (Å²) in [5, 5.41) is 8.81. The first-order valence-electron chi connectivity index (χ1n) is 10.1. The van der Waals surface area contributed by atoms with Gasteiger partial charge < -0.3 is 10.2 Å². The van der Waals surface area contributed by atoms with Crippen LogP contribution in [0.5, 0.6) is 0 Å². The van der Waals surface area contributed by atoms with Gasteiger partial charge in [-0.05, 0) is 54.7 Å². The summed E-state index contributed by atoms with van der Waals surface area (Å²) in [5.74, 6) is -0.264. The summed E-state index contributed by atoms with van der Waals surface area (Å²) in [6.45, 7) is 0.280. The number of halogens is 1. The van der Waals surface area contributed by atoms with Crippen molar-refractivity contribution >= 4 is 33.8 Å². The van der Waals surface area contributed by atoms with E-state index in [4.69, 9.17) is 17.1 Å². The lowest BCUT2D eigenvalue weighted by molar-refractivity contribution is 0.127. The van der Waals surface area contributed by atoms with E-state index in [1.54, 1.807) is 12.1 Å². The molecule has 1 atom stereocenters. The zero-order valence-electron chi connectivity index (χ0n) is 16.9. The standard InChI is InChI=1S/C24H24FN3OS/c1-26-23(30)24(19-14-18-6-2-3-7-21(18)27-15-19)13-5-4-8-22(24)28-29-16-17-9-11-20(25)12-10-17/h2-3,6-7,9-12,14-15H,4-5,8,13,16H2,1H3,(H,26,30)/b28-22-. The van der Waals surface area contributed by atoms with Crippen molar-refractivity contribution in [2.75, 3.05) is 7.05 Å². The zero-order chi connectivity index (χ0) is 21.0. The van der Waals surface area contributed by atoms with Crippen molar-refractivity contribution in [1.29, 1.82) is 0 Å². The van der Waals surface area contributed by atoms with Crippen LogP contribution in [0.4, 0.5) is 4.39 Å². The molecular formula is C24H24FN3OS. The average Bonchev–Trinajstić information content (AvgIpc) is 2.80. The van der Waals surface area contributed by atoms with Gasteiger partial charge in [0.25, 0.3) is 0 Å². The number of rotatable bonds is 5. The largest absolute Gasteiger partial charge is 0.391 e. The maximum absolute atomic E-state index is 13.1. The number of benzene rings is 2. The van der Waals surface area contributed by atoms with Gasteiger partial charge in [0.2, 0.25) is 0 Å². The van der Waals surface area contributed by atoms with Gasteiger partial charge in [0.05, 0.1) is 21.6 Å². The van der Waals surface area contributed by atoms with E-state index in [9.17, 15) is 4.39 Å². The van der Waals surface area contributed by atoms with Gasteiger partial charge >= 0.3 is 0 Å². The Morgan fingerprint density at radius 3 is 2.80 bits per heavy atom. The van der Waals surface area contributed by atoms with E-state index in [0.29, 0.717) is 0 Å². The molecule has 4 nitrogen and oxygen atoms in total. The smallest absolute Gasteiger partial charge is 0.142 e. The number of para-hydroxylation sites is 1. The maximum atomic E-state index is 13.1. The number of pyridine rings is 1. The Morgan fingerprint density at radius 2 is 2.00 bits per heavy atom. The first-order valence-corrected chi connectivity index (χ1v) is 10.6. The zero-order valence-corrected chi connectivity index (χ0v) is 17.7. The lowest BCUT2D eigenvalue weighted by Gasteiger charge is -2.38. The molecule has 0 bridgehead atoms. The van der Waals surface area contributed by atoms with Crippen molar-refractivity contribution in [2.45, 2.75) is 37.7 Å². The molecule has 1 saturated carbocycles. The second kappa shape index (κ2) is 8.88. The molecule has 0 amide bonds. The van der Waals surface area contributed by atoms with Crippen LogP contribution in [0, 0.1) is 5.82 Å². The lowest BCUT2D eigenvalue weighted by Crippen LogP contribution is -2.50. The SMILES string of the molecule is CNC(=S)C1(c2cnc3ccccc3c2)CCCC/C1=N/OCc1ccc(F)cc1. The molecule has 1 aliphatic carbocycles. The number of likely N-dealkylation sites (N-methyl/N-ethyl adjacent to an activating group) is 1. The van der Waals surface area contributed by atoms with Crippen LogP contribution in [0.25, 0.3) is 10.9 Å². The molecule has 0 spiro atoms. The Labute approximate surface area is 181 Å². The lowest BCUT2D eigenvalue weighted by atomic mass is 9.68. The first kappa shape index (κ1) is 20.4. The molecule has 3 aromatic rings. The van der Waals surface area contributed by atoms with Gasteiger partial charge in [0, 0.05) is 18.6 Å². The van der Waals surface area contributed by atoms with E-state index in [1.165, 1.54) is 12.1 Å². The van der Waals surface area contributed by atoms with Crippen LogP contribution in [-0.2, 0) is 16.9 Å². The van der Waals surface area contributed by atoms with Crippen molar-refractivity contribution in [3.8, 4) is 0 Å². The highest BCUT2D eigenvalue weighted by Crippen LogP contribution is 2.39. The predicted molar refractivity (Wildman–Crippen MR) is 122 cm³/mol. The summed E-state index contributed by atoms with van der Waals surface area (Å²) < 4.78 is 13.1. The van der Waals surface area contributed by atoms with Crippen molar-refractivity contribution in [3.05, 3.63) is 77.7 Å². The molecule has 0 aliphatic heterocycles. The van der Waals surface area contributed by atoms with Gasteiger partial charge in [-0.25, -0.2) is 4.39 Å². The summed E-state index contributed by atoms with van der Waals surface area (Å²) in [6.07, 6.45) is 5.65. The molecule has 30 heavy (non-hydrogen) atoms. The number of hydrogen-bond donors (Lipinski definition) is 1. The number of nitrogens with zero attached hydrogens (tertiary/aromatic N) is 2. The molecule has 154 valence electrons. The number of nitrogens with one attached hydrogen (secondary N) is 1. The normalized spacial score (nSPS) is 20.3. The quantitative estimate of drug-likeness (QED) is 0.448. The molecule has 0 saturated heterocycles. The number of oxime groups is 1. The van der Waals surface area contributed by atoms with Crippen LogP contribution in [0.3, 0.4) is 0 Å². The summed E-state index contributed by atoms with van der Waals surface area (Å²) in [4.78, 5) is 11.1. The van der Waals surface area contributed by atoms with E-state index in [-0.39, 0.29) is 12.4 Å². The van der Waals surface area contributed by atoms with E-state index >= 15 is 0 Å². The molecule has 0 radical (unpaired) electrons. The van der Waals surface area contributed by atoms with Crippen LogP contribution in [-0.4, -0.2) is 22.7 Å². The fraction of sp³-hybridized carbons (Fsp3) is 0.292. The topological polar surface area (TPSA) is 46.5 Å². The minimum atomic E-state index is -0.540. The summed E-state index contributed by atoms with van der Waals surface area (Å²) in [7, 11) is 1.85. The van der Waals surface area contributed by atoms with Crippen molar-refractivity contribution < 1.29 is 9.23 Å². The van der Waals surface area contributed by atoms with E-state index in [1.807, 2.05) is 31.4 Å². The molecular weight excluding hydrogens is 397 g/mol. The third kappa shape index (κ3) is 3.92. The fourth-order valence-electron chi connectivity index (χ4n) is 4.13.